The highest BCUT2D eigenvalue weighted by atomic mass is 35.5. The molecule has 120 valence electrons. The molecule has 0 spiro atoms. The molecule has 4 heterocycles. The number of aromatic nitrogens is 6. The van der Waals surface area contributed by atoms with Gasteiger partial charge in [0.15, 0.2) is 17.1 Å². The lowest BCUT2D eigenvalue weighted by atomic mass is 9.92. The fourth-order valence-electron chi connectivity index (χ4n) is 3.07. The molecule has 0 aromatic carbocycles. The van der Waals surface area contributed by atoms with E-state index in [0.29, 0.717) is 18.2 Å². The Bertz CT molecular complexity index is 881. The quantitative estimate of drug-likeness (QED) is 0.670. The number of nitrogens with zero attached hydrogens (tertiary/aromatic N) is 7. The van der Waals surface area contributed by atoms with Gasteiger partial charge in [0.1, 0.15) is 17.3 Å². The Morgan fingerprint density at radius 3 is 2.74 bits per heavy atom. The van der Waals surface area contributed by atoms with E-state index in [0.717, 1.165) is 23.0 Å². The standard InChI is InChI=1S/C14H16ClN7O/c1-9-4-11-18-10(15)5-12(22(11)19-9)21-6-14(7-21,23-3)13-16-8-17-20(13)2/h4-5,8H,6-7H2,1-3H3. The average molecular weight is 334 g/mol. The Labute approximate surface area is 137 Å². The Hall–Kier alpha value is -2.19. The fraction of sp³-hybridized carbons (Fsp3) is 0.429. The molecule has 3 aromatic rings. The monoisotopic (exact) mass is 333 g/mol. The summed E-state index contributed by atoms with van der Waals surface area (Å²) in [6, 6.07) is 3.72. The SMILES string of the molecule is COC1(c2ncnn2C)CN(c2cc(Cl)nc3cc(C)nn23)C1. The van der Waals surface area contributed by atoms with Crippen LogP contribution in [0.4, 0.5) is 5.82 Å². The zero-order valence-electron chi connectivity index (χ0n) is 13.1. The first kappa shape index (κ1) is 14.4. The van der Waals surface area contributed by atoms with Gasteiger partial charge in [-0.25, -0.2) is 9.97 Å². The molecule has 1 aliphatic heterocycles. The van der Waals surface area contributed by atoms with Gasteiger partial charge in [-0.15, -0.1) is 0 Å². The van der Waals surface area contributed by atoms with E-state index < -0.39 is 5.60 Å². The molecular formula is C14H16ClN7O. The molecule has 23 heavy (non-hydrogen) atoms. The fourth-order valence-corrected chi connectivity index (χ4v) is 3.26. The molecular weight excluding hydrogens is 318 g/mol. The molecule has 1 aliphatic rings. The Morgan fingerprint density at radius 1 is 1.30 bits per heavy atom. The molecule has 9 heteroatoms. The van der Waals surface area contributed by atoms with Crippen LogP contribution in [0.2, 0.25) is 5.15 Å². The van der Waals surface area contributed by atoms with E-state index in [-0.39, 0.29) is 0 Å². The number of hydrogen-bond acceptors (Lipinski definition) is 6. The third-order valence-electron chi connectivity index (χ3n) is 4.23. The maximum absolute atomic E-state index is 6.15. The molecule has 0 amide bonds. The van der Waals surface area contributed by atoms with E-state index in [9.17, 15) is 0 Å². The number of hydrogen-bond donors (Lipinski definition) is 0. The minimum atomic E-state index is -0.477. The summed E-state index contributed by atoms with van der Waals surface area (Å²) in [5, 5.41) is 9.07. The van der Waals surface area contributed by atoms with E-state index in [4.69, 9.17) is 16.3 Å². The zero-order chi connectivity index (χ0) is 16.2. The maximum atomic E-state index is 6.15. The van der Waals surface area contributed by atoms with Crippen LogP contribution >= 0.6 is 11.6 Å². The van der Waals surface area contributed by atoms with Crippen LogP contribution in [-0.2, 0) is 17.4 Å². The molecule has 3 aromatic heterocycles. The largest absolute Gasteiger partial charge is 0.366 e. The molecule has 0 aliphatic carbocycles. The van der Waals surface area contributed by atoms with E-state index in [2.05, 4.69) is 25.1 Å². The molecule has 8 nitrogen and oxygen atoms in total. The van der Waals surface area contributed by atoms with E-state index in [1.807, 2.05) is 26.1 Å². The van der Waals surface area contributed by atoms with Gasteiger partial charge >= 0.3 is 0 Å². The summed E-state index contributed by atoms with van der Waals surface area (Å²) in [4.78, 5) is 10.8. The molecule has 1 saturated heterocycles. The second-order valence-electron chi connectivity index (χ2n) is 5.75. The van der Waals surface area contributed by atoms with Gasteiger partial charge in [0.2, 0.25) is 0 Å². The first-order valence-corrected chi connectivity index (χ1v) is 7.58. The number of aryl methyl sites for hydroxylation is 2. The molecule has 0 saturated carbocycles. The van der Waals surface area contributed by atoms with Gasteiger partial charge in [-0.3, -0.25) is 4.68 Å². The summed E-state index contributed by atoms with van der Waals surface area (Å²) in [7, 11) is 3.56. The van der Waals surface area contributed by atoms with E-state index >= 15 is 0 Å². The van der Waals surface area contributed by atoms with Crippen molar-refractivity contribution in [2.75, 3.05) is 25.1 Å². The Morgan fingerprint density at radius 2 is 2.09 bits per heavy atom. The van der Waals surface area contributed by atoms with Crippen molar-refractivity contribution in [1.82, 2.24) is 29.4 Å². The first-order valence-electron chi connectivity index (χ1n) is 7.20. The number of methoxy groups -OCH3 is 1. The summed E-state index contributed by atoms with van der Waals surface area (Å²) in [6.45, 7) is 3.22. The number of anilines is 1. The minimum Gasteiger partial charge on any atom is -0.366 e. The van der Waals surface area contributed by atoms with Crippen LogP contribution in [0.5, 0.6) is 0 Å². The van der Waals surface area contributed by atoms with Crippen LogP contribution in [-0.4, -0.2) is 49.6 Å². The number of rotatable bonds is 3. The first-order chi connectivity index (χ1) is 11.0. The van der Waals surface area contributed by atoms with Crippen LogP contribution in [0.1, 0.15) is 11.5 Å². The van der Waals surface area contributed by atoms with Crippen LogP contribution < -0.4 is 4.90 Å². The minimum absolute atomic E-state index is 0.445. The summed E-state index contributed by atoms with van der Waals surface area (Å²) < 4.78 is 9.30. The third-order valence-corrected chi connectivity index (χ3v) is 4.42. The molecule has 4 rings (SSSR count). The van der Waals surface area contributed by atoms with Crippen molar-refractivity contribution in [2.45, 2.75) is 12.5 Å². The van der Waals surface area contributed by atoms with Gasteiger partial charge < -0.3 is 9.64 Å². The summed E-state index contributed by atoms with van der Waals surface area (Å²) >= 11 is 6.15. The zero-order valence-corrected chi connectivity index (χ0v) is 13.8. The predicted molar refractivity (Wildman–Crippen MR) is 84.6 cm³/mol. The van der Waals surface area contributed by atoms with E-state index in [1.54, 1.807) is 16.3 Å². The molecule has 1 fully saturated rings. The van der Waals surface area contributed by atoms with Crippen LogP contribution in [0.25, 0.3) is 5.65 Å². The van der Waals surface area contributed by atoms with Crippen molar-refractivity contribution < 1.29 is 4.74 Å². The van der Waals surface area contributed by atoms with Crippen molar-refractivity contribution in [3.63, 3.8) is 0 Å². The van der Waals surface area contributed by atoms with Gasteiger partial charge in [-0.2, -0.15) is 14.7 Å². The van der Waals surface area contributed by atoms with Crippen molar-refractivity contribution >= 4 is 23.1 Å². The van der Waals surface area contributed by atoms with Gasteiger partial charge in [-0.05, 0) is 6.92 Å². The number of fused-ring (bicyclic) bond motifs is 1. The smallest absolute Gasteiger partial charge is 0.162 e. The highest BCUT2D eigenvalue weighted by Crippen LogP contribution is 2.37. The van der Waals surface area contributed by atoms with Gasteiger partial charge in [0.05, 0.1) is 18.8 Å². The van der Waals surface area contributed by atoms with Gasteiger partial charge in [0, 0.05) is 26.3 Å². The average Bonchev–Trinajstić information content (AvgIpc) is 3.04. The van der Waals surface area contributed by atoms with Crippen LogP contribution in [0.3, 0.4) is 0 Å². The normalized spacial score (nSPS) is 16.8. The summed E-state index contributed by atoms with van der Waals surface area (Å²) in [5.74, 6) is 1.70. The van der Waals surface area contributed by atoms with Crippen molar-refractivity contribution in [3.8, 4) is 0 Å². The van der Waals surface area contributed by atoms with Crippen LogP contribution in [0, 0.1) is 6.92 Å². The van der Waals surface area contributed by atoms with E-state index in [1.165, 1.54) is 6.33 Å². The Balaban J connectivity index is 1.71. The lowest BCUT2D eigenvalue weighted by molar-refractivity contribution is -0.0484. The topological polar surface area (TPSA) is 73.4 Å². The lowest BCUT2D eigenvalue weighted by Gasteiger charge is -2.48. The number of halogens is 1. The highest BCUT2D eigenvalue weighted by molar-refractivity contribution is 6.29. The molecule has 0 atom stereocenters. The lowest BCUT2D eigenvalue weighted by Crippen LogP contribution is -2.62. The maximum Gasteiger partial charge on any atom is 0.162 e. The van der Waals surface area contributed by atoms with Crippen molar-refractivity contribution in [2.24, 2.45) is 7.05 Å². The predicted octanol–water partition coefficient (Wildman–Crippen LogP) is 1.18. The van der Waals surface area contributed by atoms with Crippen molar-refractivity contribution in [1.29, 1.82) is 0 Å². The molecule has 0 unspecified atom stereocenters. The molecule has 0 radical (unpaired) electrons. The second-order valence-corrected chi connectivity index (χ2v) is 6.14. The van der Waals surface area contributed by atoms with Crippen LogP contribution in [0.15, 0.2) is 18.5 Å². The van der Waals surface area contributed by atoms with Gasteiger partial charge in [-0.1, -0.05) is 11.6 Å². The molecule has 0 bridgehead atoms. The van der Waals surface area contributed by atoms with Crippen molar-refractivity contribution in [3.05, 3.63) is 35.1 Å². The highest BCUT2D eigenvalue weighted by Gasteiger charge is 2.49. The summed E-state index contributed by atoms with van der Waals surface area (Å²) in [6.07, 6.45) is 1.54. The number of ether oxygens (including phenoxy) is 1. The Kier molecular flexibility index (Phi) is 3.07. The summed E-state index contributed by atoms with van der Waals surface area (Å²) in [5.41, 5.74) is 1.15. The third kappa shape index (κ3) is 2.09. The molecule has 0 N–H and O–H groups in total. The van der Waals surface area contributed by atoms with Gasteiger partial charge in [0.25, 0.3) is 0 Å². The second kappa shape index (κ2) is 4.90.